The molecule has 6 N–H and O–H groups in total. The number of rotatable bonds is 6. The number of primary amides is 1. The summed E-state index contributed by atoms with van der Waals surface area (Å²) in [6.07, 6.45) is 0. The van der Waals surface area contributed by atoms with Crippen molar-refractivity contribution in [3.05, 3.63) is 27.5 Å². The normalized spacial score (nSPS) is 12.6. The van der Waals surface area contributed by atoms with Crippen LogP contribution in [-0.4, -0.2) is 40.0 Å². The molecule has 0 radical (unpaired) electrons. The van der Waals surface area contributed by atoms with Crippen LogP contribution < -0.4 is 15.6 Å². The van der Waals surface area contributed by atoms with Gasteiger partial charge in [0.25, 0.3) is 5.91 Å². The predicted molar refractivity (Wildman–Crippen MR) is 92.7 cm³/mol. The number of nitrogens with two attached hydrogens (primary N) is 2. The van der Waals surface area contributed by atoms with Crippen LogP contribution in [-0.2, 0) is 20.0 Å². The molecule has 0 saturated heterocycles. The summed E-state index contributed by atoms with van der Waals surface area (Å²) in [5, 5.41) is 5.11. The molecular weight excluding hydrogens is 459 g/mol. The van der Waals surface area contributed by atoms with E-state index in [1.807, 2.05) is 22.6 Å². The van der Waals surface area contributed by atoms with Gasteiger partial charge in [0.15, 0.2) is 0 Å². The smallest absolute Gasteiger partial charge is 0.266 e. The lowest BCUT2D eigenvalue weighted by Crippen LogP contribution is -2.32. The highest BCUT2D eigenvalue weighted by atomic mass is 127. The van der Waals surface area contributed by atoms with E-state index >= 15 is 0 Å². The lowest BCUT2D eigenvalue weighted by atomic mass is 10.2. The van der Waals surface area contributed by atoms with Crippen molar-refractivity contribution in [1.82, 2.24) is 9.71 Å². The number of sulfonamides is 2. The molecule has 1 amide bonds. The zero-order valence-corrected chi connectivity index (χ0v) is 15.3. The molecule has 0 unspecified atom stereocenters. The number of amides is 1. The van der Waals surface area contributed by atoms with E-state index in [9.17, 15) is 21.6 Å². The molecule has 12 heteroatoms. The van der Waals surface area contributed by atoms with Gasteiger partial charge in [0.05, 0.1) is 5.75 Å². The Morgan fingerprint density at radius 2 is 1.91 bits per heavy atom. The highest BCUT2D eigenvalue weighted by Crippen LogP contribution is 2.28. The van der Waals surface area contributed by atoms with Crippen LogP contribution in [0.15, 0.2) is 23.1 Å². The fourth-order valence-corrected chi connectivity index (χ4v) is 4.38. The summed E-state index contributed by atoms with van der Waals surface area (Å²) in [6.45, 7) is -0.421. The number of fused-ring (bicyclic) bond motifs is 1. The van der Waals surface area contributed by atoms with Gasteiger partial charge in [-0.2, -0.15) is 0 Å². The third kappa shape index (κ3) is 4.20. The SMILES string of the molecule is NC(=O)c1[nH]c2ccc(I)cc2c1S(=O)(=O)NCCS(N)(=O)=O. The van der Waals surface area contributed by atoms with Gasteiger partial charge in [-0.05, 0) is 40.8 Å². The number of carbonyl (C=O) groups excluding carboxylic acids is 1. The van der Waals surface area contributed by atoms with Crippen LogP contribution in [0.4, 0.5) is 0 Å². The Balaban J connectivity index is 2.53. The first-order chi connectivity index (χ1) is 10.5. The standard InChI is InChI=1S/C11H13IN4O5S2/c12-6-1-2-8-7(5-6)10(9(16-8)11(13)17)23(20,21)15-3-4-22(14,18)19/h1-2,5,15-16H,3-4H2,(H2,13,17)(H2,14,18,19). The molecule has 0 saturated carbocycles. The summed E-state index contributed by atoms with van der Waals surface area (Å²) >= 11 is 2.00. The zero-order valence-electron chi connectivity index (χ0n) is 11.5. The van der Waals surface area contributed by atoms with E-state index in [0.717, 1.165) is 3.57 Å². The quantitative estimate of drug-likeness (QED) is 0.413. The second-order valence-corrected chi connectivity index (χ2v) is 9.33. The minimum Gasteiger partial charge on any atom is -0.364 e. The van der Waals surface area contributed by atoms with Crippen LogP contribution in [0.1, 0.15) is 10.5 Å². The number of benzene rings is 1. The van der Waals surface area contributed by atoms with Gasteiger partial charge in [-0.3, -0.25) is 4.79 Å². The molecule has 0 aliphatic heterocycles. The van der Waals surface area contributed by atoms with Crippen molar-refractivity contribution in [2.45, 2.75) is 4.90 Å². The summed E-state index contributed by atoms with van der Waals surface area (Å²) in [5.41, 5.74) is 5.38. The molecule has 126 valence electrons. The first-order valence-electron chi connectivity index (χ1n) is 6.12. The van der Waals surface area contributed by atoms with Crippen LogP contribution in [0.25, 0.3) is 10.9 Å². The molecule has 9 nitrogen and oxygen atoms in total. The second kappa shape index (κ2) is 6.35. The fourth-order valence-electron chi connectivity index (χ4n) is 1.98. The minimum atomic E-state index is -4.16. The third-order valence-corrected chi connectivity index (χ3v) is 5.90. The van der Waals surface area contributed by atoms with Gasteiger partial charge < -0.3 is 10.7 Å². The minimum absolute atomic E-state index is 0.273. The molecule has 0 atom stereocenters. The van der Waals surface area contributed by atoms with Crippen molar-refractivity contribution in [1.29, 1.82) is 0 Å². The number of aromatic amines is 1. The molecule has 0 aliphatic carbocycles. The van der Waals surface area contributed by atoms with Crippen LogP contribution >= 0.6 is 22.6 Å². The lowest BCUT2D eigenvalue weighted by molar-refractivity contribution is 0.0993. The number of carbonyl (C=O) groups is 1. The summed E-state index contributed by atoms with van der Waals surface area (Å²) in [4.78, 5) is 13.9. The molecule has 1 heterocycles. The molecular formula is C11H13IN4O5S2. The van der Waals surface area contributed by atoms with Crippen LogP contribution in [0.2, 0.25) is 0 Å². The maximum Gasteiger partial charge on any atom is 0.266 e. The molecule has 23 heavy (non-hydrogen) atoms. The Kier molecular flexibility index (Phi) is 5.00. The van der Waals surface area contributed by atoms with Crippen LogP contribution in [0, 0.1) is 3.57 Å². The van der Waals surface area contributed by atoms with Gasteiger partial charge >= 0.3 is 0 Å². The van der Waals surface area contributed by atoms with E-state index in [-0.39, 0.29) is 16.0 Å². The number of hydrogen-bond donors (Lipinski definition) is 4. The number of aromatic nitrogens is 1. The van der Waals surface area contributed by atoms with Crippen molar-refractivity contribution in [3.8, 4) is 0 Å². The van der Waals surface area contributed by atoms with Gasteiger partial charge in [-0.15, -0.1) is 0 Å². The second-order valence-electron chi connectivity index (χ2n) is 4.65. The predicted octanol–water partition coefficient (Wildman–Crippen LogP) is -0.562. The Bertz CT molecular complexity index is 981. The van der Waals surface area contributed by atoms with E-state index in [1.54, 1.807) is 18.2 Å². The Labute approximate surface area is 146 Å². The molecule has 0 aliphatic rings. The fraction of sp³-hybridized carbons (Fsp3) is 0.182. The number of primary sulfonamides is 1. The van der Waals surface area contributed by atoms with Crippen molar-refractivity contribution in [3.63, 3.8) is 0 Å². The molecule has 0 spiro atoms. The van der Waals surface area contributed by atoms with Crippen molar-refractivity contribution >= 4 is 59.4 Å². The maximum absolute atomic E-state index is 12.5. The lowest BCUT2D eigenvalue weighted by Gasteiger charge is -2.07. The van der Waals surface area contributed by atoms with Crippen molar-refractivity contribution in [2.24, 2.45) is 10.9 Å². The van der Waals surface area contributed by atoms with E-state index in [1.165, 1.54) is 0 Å². The van der Waals surface area contributed by atoms with E-state index in [0.29, 0.717) is 5.52 Å². The van der Waals surface area contributed by atoms with E-state index in [2.05, 4.69) is 9.71 Å². The summed E-state index contributed by atoms with van der Waals surface area (Å²) in [5.74, 6) is -1.51. The number of nitrogens with one attached hydrogen (secondary N) is 2. The molecule has 1 aromatic carbocycles. The molecule has 0 bridgehead atoms. The van der Waals surface area contributed by atoms with Gasteiger partial charge in [-0.1, -0.05) is 0 Å². The average molecular weight is 472 g/mol. The Morgan fingerprint density at radius 1 is 1.26 bits per heavy atom. The van der Waals surface area contributed by atoms with Gasteiger partial charge in [0.1, 0.15) is 10.6 Å². The average Bonchev–Trinajstić information content (AvgIpc) is 2.76. The van der Waals surface area contributed by atoms with Gasteiger partial charge in [-0.25, -0.2) is 26.7 Å². The van der Waals surface area contributed by atoms with Crippen LogP contribution in [0.5, 0.6) is 0 Å². The highest BCUT2D eigenvalue weighted by molar-refractivity contribution is 14.1. The highest BCUT2D eigenvalue weighted by Gasteiger charge is 2.27. The number of halogens is 1. The molecule has 2 rings (SSSR count). The molecule has 0 fully saturated rings. The first-order valence-corrected chi connectivity index (χ1v) is 10.4. The van der Waals surface area contributed by atoms with E-state index < -0.39 is 38.3 Å². The maximum atomic E-state index is 12.5. The molecule has 2 aromatic rings. The Hall–Kier alpha value is -1.22. The summed E-state index contributed by atoms with van der Waals surface area (Å²) in [7, 11) is -7.98. The van der Waals surface area contributed by atoms with Crippen molar-refractivity contribution < 1.29 is 21.6 Å². The topological polar surface area (TPSA) is 165 Å². The summed E-state index contributed by atoms with van der Waals surface area (Å²) < 4.78 is 49.6. The van der Waals surface area contributed by atoms with Gasteiger partial charge in [0.2, 0.25) is 20.0 Å². The summed E-state index contributed by atoms with van der Waals surface area (Å²) in [6, 6.07) is 4.93. The van der Waals surface area contributed by atoms with Crippen molar-refractivity contribution in [2.75, 3.05) is 12.3 Å². The third-order valence-electron chi connectivity index (χ3n) is 2.91. The Morgan fingerprint density at radius 3 is 2.48 bits per heavy atom. The molecule has 1 aromatic heterocycles. The monoisotopic (exact) mass is 472 g/mol. The first kappa shape index (κ1) is 18.1. The number of H-pyrrole nitrogens is 1. The van der Waals surface area contributed by atoms with Gasteiger partial charge in [0, 0.05) is 21.0 Å². The zero-order chi connectivity index (χ0) is 17.4. The number of hydrogen-bond acceptors (Lipinski definition) is 5. The van der Waals surface area contributed by atoms with E-state index in [4.69, 9.17) is 10.9 Å². The van der Waals surface area contributed by atoms with Crippen LogP contribution in [0.3, 0.4) is 0 Å². The largest absolute Gasteiger partial charge is 0.364 e.